The van der Waals surface area contributed by atoms with Crippen LogP contribution in [-0.4, -0.2) is 71.8 Å². The van der Waals surface area contributed by atoms with Gasteiger partial charge in [-0.05, 0) is 42.0 Å². The Morgan fingerprint density at radius 1 is 1.15 bits per heavy atom. The van der Waals surface area contributed by atoms with Crippen LogP contribution in [0.4, 0.5) is 0 Å². The molecule has 0 amide bonds. The first-order valence-electron chi connectivity index (χ1n) is 11.2. The molecule has 9 heteroatoms. The van der Waals surface area contributed by atoms with Gasteiger partial charge < -0.3 is 28.6 Å². The second-order valence-electron chi connectivity index (χ2n) is 8.36. The van der Waals surface area contributed by atoms with E-state index in [-0.39, 0.29) is 13.2 Å². The Kier molecular flexibility index (Phi) is 8.29. The van der Waals surface area contributed by atoms with Gasteiger partial charge in [0.25, 0.3) is 0 Å². The topological polar surface area (TPSA) is 78.2 Å². The third-order valence-corrected chi connectivity index (χ3v) is 5.81. The number of aromatic nitrogens is 2. The lowest BCUT2D eigenvalue weighted by Crippen LogP contribution is -2.48. The van der Waals surface area contributed by atoms with E-state index in [1.54, 1.807) is 43.9 Å². The lowest BCUT2D eigenvalue weighted by molar-refractivity contribution is -0.0646. The number of aliphatic hydroxyl groups is 1. The lowest BCUT2D eigenvalue weighted by Gasteiger charge is -2.30. The highest BCUT2D eigenvalue weighted by atomic mass is 35.5. The predicted octanol–water partition coefficient (Wildman–Crippen LogP) is 3.27. The summed E-state index contributed by atoms with van der Waals surface area (Å²) in [5.74, 6) is 2.02. The zero-order valence-electron chi connectivity index (χ0n) is 19.2. The van der Waals surface area contributed by atoms with Gasteiger partial charge in [0, 0.05) is 37.1 Å². The average Bonchev–Trinajstić information content (AvgIpc) is 3.28. The van der Waals surface area contributed by atoms with Crippen LogP contribution in [0.15, 0.2) is 61.2 Å². The molecule has 1 aromatic heterocycles. The lowest BCUT2D eigenvalue weighted by atomic mass is 10.1. The monoisotopic (exact) mass is 487 g/mol. The summed E-state index contributed by atoms with van der Waals surface area (Å²) in [4.78, 5) is 6.21. The summed E-state index contributed by atoms with van der Waals surface area (Å²) in [6.07, 6.45) is 5.40. The maximum absolute atomic E-state index is 11.2. The highest BCUT2D eigenvalue weighted by Gasteiger charge is 2.33. The molecule has 0 saturated carbocycles. The summed E-state index contributed by atoms with van der Waals surface area (Å²) in [5, 5.41) is 11.8. The van der Waals surface area contributed by atoms with Gasteiger partial charge in [0.2, 0.25) is 0 Å². The average molecular weight is 488 g/mol. The van der Waals surface area contributed by atoms with E-state index >= 15 is 0 Å². The van der Waals surface area contributed by atoms with Crippen molar-refractivity contribution in [2.75, 3.05) is 46.6 Å². The maximum atomic E-state index is 11.2. The van der Waals surface area contributed by atoms with E-state index in [1.165, 1.54) is 0 Å². The van der Waals surface area contributed by atoms with Gasteiger partial charge in [-0.3, -0.25) is 4.90 Å². The molecule has 0 bridgehead atoms. The van der Waals surface area contributed by atoms with E-state index in [4.69, 9.17) is 30.5 Å². The van der Waals surface area contributed by atoms with Crippen LogP contribution in [0.1, 0.15) is 5.56 Å². The molecular weight excluding hydrogens is 458 g/mol. The zero-order chi connectivity index (χ0) is 23.8. The molecule has 1 aliphatic heterocycles. The minimum atomic E-state index is -1.13. The molecule has 182 valence electrons. The standard InChI is InChI=1S/C25H30ClN3O5/c1-31-23-7-2-20(14-24(23)33-13-11-28-9-8-27-19-28)15-29-10-12-32-17-25(30,16-29)18-34-22-5-3-21(26)4-6-22/h2-9,14,19,30H,10-13,15-18H2,1H3. The second kappa shape index (κ2) is 11.6. The van der Waals surface area contributed by atoms with Crippen molar-refractivity contribution in [3.8, 4) is 17.2 Å². The summed E-state index contributed by atoms with van der Waals surface area (Å²) in [7, 11) is 1.63. The number of nitrogens with zero attached hydrogens (tertiary/aromatic N) is 3. The number of rotatable bonds is 10. The molecule has 1 aliphatic rings. The Morgan fingerprint density at radius 3 is 2.76 bits per heavy atom. The van der Waals surface area contributed by atoms with E-state index in [0.717, 1.165) is 5.56 Å². The Labute approximate surface area is 204 Å². The van der Waals surface area contributed by atoms with Crippen LogP contribution in [0.3, 0.4) is 0 Å². The Balaban J connectivity index is 1.37. The fourth-order valence-corrected chi connectivity index (χ4v) is 3.96. The van der Waals surface area contributed by atoms with E-state index in [2.05, 4.69) is 9.88 Å². The van der Waals surface area contributed by atoms with Crippen molar-refractivity contribution in [2.45, 2.75) is 18.7 Å². The van der Waals surface area contributed by atoms with Crippen molar-refractivity contribution in [3.05, 3.63) is 71.8 Å². The summed E-state index contributed by atoms with van der Waals surface area (Å²) >= 11 is 5.94. The van der Waals surface area contributed by atoms with E-state index < -0.39 is 5.60 Å². The van der Waals surface area contributed by atoms with E-state index in [1.807, 2.05) is 29.0 Å². The van der Waals surface area contributed by atoms with Gasteiger partial charge in [-0.2, -0.15) is 0 Å². The Morgan fingerprint density at radius 2 is 2.00 bits per heavy atom. The van der Waals surface area contributed by atoms with Gasteiger partial charge in [-0.15, -0.1) is 0 Å². The number of β-amino-alcohol motifs (C(OH)–C–C–N with tert-alkyl or cyclic N) is 1. The fraction of sp³-hybridized carbons (Fsp3) is 0.400. The highest BCUT2D eigenvalue weighted by Crippen LogP contribution is 2.29. The Bertz CT molecular complexity index is 1030. The largest absolute Gasteiger partial charge is 0.493 e. The number of imidazole rings is 1. The zero-order valence-corrected chi connectivity index (χ0v) is 20.0. The number of hydrogen-bond donors (Lipinski definition) is 1. The van der Waals surface area contributed by atoms with Crippen molar-refractivity contribution < 1.29 is 24.1 Å². The predicted molar refractivity (Wildman–Crippen MR) is 129 cm³/mol. The van der Waals surface area contributed by atoms with Gasteiger partial charge in [-0.1, -0.05) is 17.7 Å². The molecule has 1 N–H and O–H groups in total. The van der Waals surface area contributed by atoms with Crippen molar-refractivity contribution in [3.63, 3.8) is 0 Å². The molecule has 0 spiro atoms. The molecule has 1 fully saturated rings. The summed E-state index contributed by atoms with van der Waals surface area (Å²) in [6, 6.07) is 13.0. The molecule has 34 heavy (non-hydrogen) atoms. The molecule has 0 aliphatic carbocycles. The molecular formula is C25H30ClN3O5. The van der Waals surface area contributed by atoms with Crippen molar-refractivity contribution in [1.29, 1.82) is 0 Å². The van der Waals surface area contributed by atoms with Crippen molar-refractivity contribution >= 4 is 11.6 Å². The van der Waals surface area contributed by atoms with Crippen LogP contribution in [0.2, 0.25) is 5.02 Å². The minimum absolute atomic E-state index is 0.121. The third kappa shape index (κ3) is 6.87. The van der Waals surface area contributed by atoms with Gasteiger partial charge in [0.05, 0.1) is 33.2 Å². The van der Waals surface area contributed by atoms with Gasteiger partial charge >= 0.3 is 0 Å². The summed E-state index contributed by atoms with van der Waals surface area (Å²) < 4.78 is 24.9. The van der Waals surface area contributed by atoms with E-state index in [9.17, 15) is 5.11 Å². The summed E-state index contributed by atoms with van der Waals surface area (Å²) in [6.45, 7) is 3.81. The first kappa shape index (κ1) is 24.3. The number of methoxy groups -OCH3 is 1. The second-order valence-corrected chi connectivity index (χ2v) is 8.80. The van der Waals surface area contributed by atoms with Gasteiger partial charge in [0.1, 0.15) is 24.6 Å². The van der Waals surface area contributed by atoms with Crippen LogP contribution in [-0.2, 0) is 17.8 Å². The molecule has 1 atom stereocenters. The summed E-state index contributed by atoms with van der Waals surface area (Å²) in [5.41, 5.74) is -0.0754. The number of hydrogen-bond acceptors (Lipinski definition) is 7. The molecule has 1 saturated heterocycles. The highest BCUT2D eigenvalue weighted by molar-refractivity contribution is 6.30. The van der Waals surface area contributed by atoms with Crippen LogP contribution in [0.5, 0.6) is 17.2 Å². The fourth-order valence-electron chi connectivity index (χ4n) is 3.84. The molecule has 3 aromatic rings. The van der Waals surface area contributed by atoms with Gasteiger partial charge in [0.15, 0.2) is 11.5 Å². The minimum Gasteiger partial charge on any atom is -0.493 e. The quantitative estimate of drug-likeness (QED) is 0.470. The SMILES string of the molecule is COc1ccc(CN2CCOCC(O)(COc3ccc(Cl)cc3)C2)cc1OCCn1ccnc1. The molecule has 4 rings (SSSR count). The van der Waals surface area contributed by atoms with E-state index in [0.29, 0.717) is 61.7 Å². The number of ether oxygens (including phenoxy) is 4. The van der Waals surface area contributed by atoms with Crippen molar-refractivity contribution in [1.82, 2.24) is 14.5 Å². The van der Waals surface area contributed by atoms with Crippen LogP contribution >= 0.6 is 11.6 Å². The number of benzene rings is 2. The van der Waals surface area contributed by atoms with Crippen molar-refractivity contribution in [2.24, 2.45) is 0 Å². The smallest absolute Gasteiger partial charge is 0.161 e. The molecule has 2 aromatic carbocycles. The first-order valence-corrected chi connectivity index (χ1v) is 11.6. The Hall–Kier alpha value is -2.78. The van der Waals surface area contributed by atoms with Crippen LogP contribution in [0.25, 0.3) is 0 Å². The van der Waals surface area contributed by atoms with Gasteiger partial charge in [-0.25, -0.2) is 4.98 Å². The molecule has 1 unspecified atom stereocenters. The number of halogens is 1. The normalized spacial score (nSPS) is 18.9. The molecule has 2 heterocycles. The van der Waals surface area contributed by atoms with Crippen LogP contribution in [0, 0.1) is 0 Å². The first-order chi connectivity index (χ1) is 16.5. The third-order valence-electron chi connectivity index (χ3n) is 5.56. The maximum Gasteiger partial charge on any atom is 0.161 e. The molecule has 0 radical (unpaired) electrons. The van der Waals surface area contributed by atoms with Crippen LogP contribution < -0.4 is 14.2 Å². The molecule has 8 nitrogen and oxygen atoms in total.